The molecule has 0 unspecified atom stereocenters. The van der Waals surface area contributed by atoms with Crippen molar-refractivity contribution < 1.29 is 17.9 Å². The summed E-state index contributed by atoms with van der Waals surface area (Å²) in [7, 11) is 2.92. The first-order chi connectivity index (χ1) is 7.99. The molecule has 0 saturated carbocycles. The fourth-order valence-corrected chi connectivity index (χ4v) is 1.24. The Balaban J connectivity index is 3.11. The van der Waals surface area contributed by atoms with Gasteiger partial charge in [-0.05, 0) is 25.2 Å². The second-order valence-corrected chi connectivity index (χ2v) is 3.24. The highest BCUT2D eigenvalue weighted by Crippen LogP contribution is 2.36. The first-order valence-corrected chi connectivity index (χ1v) is 4.87. The number of nitrogens with one attached hydrogen (secondary N) is 1. The lowest BCUT2D eigenvalue weighted by Gasteiger charge is -2.11. The Morgan fingerprint density at radius 1 is 1.35 bits per heavy atom. The minimum Gasteiger partial charge on any atom is -0.496 e. The molecule has 0 aliphatic carbocycles. The zero-order valence-electron chi connectivity index (χ0n) is 9.48. The van der Waals surface area contributed by atoms with Gasteiger partial charge in [-0.2, -0.15) is 13.2 Å². The molecule has 0 radical (unpaired) electrons. The van der Waals surface area contributed by atoms with E-state index in [4.69, 9.17) is 0 Å². The average molecular weight is 243 g/mol. The van der Waals surface area contributed by atoms with Gasteiger partial charge in [0.25, 0.3) is 0 Å². The third-order valence-electron chi connectivity index (χ3n) is 2.00. The van der Waals surface area contributed by atoms with Gasteiger partial charge >= 0.3 is 6.18 Å². The van der Waals surface area contributed by atoms with E-state index in [0.29, 0.717) is 12.1 Å². The van der Waals surface area contributed by atoms with E-state index >= 15 is 0 Å². The van der Waals surface area contributed by atoms with Crippen molar-refractivity contribution >= 4 is 0 Å². The second-order valence-electron chi connectivity index (χ2n) is 3.24. The van der Waals surface area contributed by atoms with Gasteiger partial charge in [0, 0.05) is 5.56 Å². The van der Waals surface area contributed by atoms with E-state index in [2.05, 4.69) is 21.9 Å². The maximum Gasteiger partial charge on any atom is 0.420 e. The molecule has 0 heterocycles. The Kier molecular flexibility index (Phi) is 4.41. The smallest absolute Gasteiger partial charge is 0.420 e. The average Bonchev–Trinajstić information content (AvgIpc) is 2.28. The van der Waals surface area contributed by atoms with Gasteiger partial charge in [-0.1, -0.05) is 11.8 Å². The van der Waals surface area contributed by atoms with Gasteiger partial charge in [-0.25, -0.2) is 0 Å². The van der Waals surface area contributed by atoms with Crippen molar-refractivity contribution in [3.05, 3.63) is 29.3 Å². The summed E-state index contributed by atoms with van der Waals surface area (Å²) in [5.41, 5.74) is -0.496. The summed E-state index contributed by atoms with van der Waals surface area (Å²) in [5.74, 6) is 5.14. The molecule has 1 rings (SSSR count). The second kappa shape index (κ2) is 5.60. The molecule has 0 aromatic heterocycles. The van der Waals surface area contributed by atoms with Gasteiger partial charge in [-0.3, -0.25) is 0 Å². The quantitative estimate of drug-likeness (QED) is 0.805. The van der Waals surface area contributed by atoms with E-state index < -0.39 is 11.7 Å². The summed E-state index contributed by atoms with van der Waals surface area (Å²) in [6, 6.07) is 3.75. The number of ether oxygens (including phenoxy) is 1. The molecule has 1 aromatic carbocycles. The minimum absolute atomic E-state index is 0.198. The van der Waals surface area contributed by atoms with Gasteiger partial charge in [0.15, 0.2) is 0 Å². The van der Waals surface area contributed by atoms with Crippen LogP contribution >= 0.6 is 0 Å². The molecule has 0 spiro atoms. The summed E-state index contributed by atoms with van der Waals surface area (Å²) < 4.78 is 42.7. The Labute approximate surface area is 97.8 Å². The van der Waals surface area contributed by atoms with E-state index in [9.17, 15) is 13.2 Å². The molecule has 2 nitrogen and oxygen atoms in total. The molecule has 17 heavy (non-hydrogen) atoms. The topological polar surface area (TPSA) is 21.3 Å². The normalized spacial score (nSPS) is 10.6. The van der Waals surface area contributed by atoms with E-state index in [1.807, 2.05) is 0 Å². The van der Waals surface area contributed by atoms with Crippen LogP contribution in [-0.2, 0) is 6.18 Å². The van der Waals surface area contributed by atoms with Crippen molar-refractivity contribution in [3.8, 4) is 17.6 Å². The molecular weight excluding hydrogens is 231 g/mol. The maximum absolute atomic E-state index is 12.7. The maximum atomic E-state index is 12.7. The molecule has 0 aliphatic heterocycles. The molecule has 5 heteroatoms. The van der Waals surface area contributed by atoms with Crippen LogP contribution in [-0.4, -0.2) is 20.7 Å². The Morgan fingerprint density at radius 3 is 2.59 bits per heavy atom. The van der Waals surface area contributed by atoms with Crippen molar-refractivity contribution in [2.45, 2.75) is 6.18 Å². The fourth-order valence-electron chi connectivity index (χ4n) is 1.24. The van der Waals surface area contributed by atoms with Crippen LogP contribution in [0.25, 0.3) is 0 Å². The van der Waals surface area contributed by atoms with Crippen LogP contribution in [0, 0.1) is 11.8 Å². The molecule has 1 aromatic rings. The van der Waals surface area contributed by atoms with Crippen molar-refractivity contribution in [2.24, 2.45) is 0 Å². The largest absolute Gasteiger partial charge is 0.496 e. The van der Waals surface area contributed by atoms with Gasteiger partial charge < -0.3 is 10.1 Å². The monoisotopic (exact) mass is 243 g/mol. The van der Waals surface area contributed by atoms with Gasteiger partial charge in [0.2, 0.25) is 0 Å². The highest BCUT2D eigenvalue weighted by atomic mass is 19.4. The van der Waals surface area contributed by atoms with Crippen LogP contribution in [0.3, 0.4) is 0 Å². The number of hydrogen-bond acceptors (Lipinski definition) is 2. The van der Waals surface area contributed by atoms with Crippen LogP contribution in [0.4, 0.5) is 13.2 Å². The summed E-state index contributed by atoms with van der Waals surface area (Å²) in [6.45, 7) is 0.424. The van der Waals surface area contributed by atoms with Crippen LogP contribution in [0.1, 0.15) is 11.1 Å². The summed E-state index contributed by atoms with van der Waals surface area (Å²) in [4.78, 5) is 0. The number of hydrogen-bond donors (Lipinski definition) is 1. The first kappa shape index (κ1) is 13.4. The molecule has 0 aliphatic rings. The molecule has 0 amide bonds. The first-order valence-electron chi connectivity index (χ1n) is 4.87. The van der Waals surface area contributed by atoms with Gasteiger partial charge in [0.05, 0.1) is 19.2 Å². The Bertz CT molecular complexity index is 443. The van der Waals surface area contributed by atoms with Crippen molar-refractivity contribution in [1.82, 2.24) is 5.32 Å². The molecule has 0 fully saturated rings. The van der Waals surface area contributed by atoms with E-state index in [-0.39, 0.29) is 5.75 Å². The van der Waals surface area contributed by atoms with Gasteiger partial charge in [-0.15, -0.1) is 0 Å². The predicted octanol–water partition coefficient (Wildman–Crippen LogP) is 2.28. The van der Waals surface area contributed by atoms with E-state index in [0.717, 1.165) is 6.07 Å². The third-order valence-corrected chi connectivity index (χ3v) is 2.00. The fraction of sp³-hybridized carbons (Fsp3) is 0.333. The highest BCUT2D eigenvalue weighted by Gasteiger charge is 2.34. The highest BCUT2D eigenvalue weighted by molar-refractivity contribution is 5.45. The predicted molar refractivity (Wildman–Crippen MR) is 58.8 cm³/mol. The number of halogens is 3. The van der Waals surface area contributed by atoms with Crippen molar-refractivity contribution in [3.63, 3.8) is 0 Å². The number of benzene rings is 1. The molecule has 0 bridgehead atoms. The molecular formula is C12H12F3NO. The molecule has 1 N–H and O–H groups in total. The standard InChI is InChI=1S/C12H12F3NO/c1-16-7-3-4-9-5-6-11(17-2)10(8-9)12(13,14)15/h5-6,8,16H,7H2,1-2H3. The van der Waals surface area contributed by atoms with Gasteiger partial charge in [0.1, 0.15) is 5.75 Å². The van der Waals surface area contributed by atoms with Crippen LogP contribution < -0.4 is 10.1 Å². The zero-order valence-corrected chi connectivity index (χ0v) is 9.48. The van der Waals surface area contributed by atoms with Crippen LogP contribution in [0.15, 0.2) is 18.2 Å². The molecule has 0 saturated heterocycles. The lowest BCUT2D eigenvalue weighted by Crippen LogP contribution is -2.08. The molecule has 0 atom stereocenters. The van der Waals surface area contributed by atoms with E-state index in [1.54, 1.807) is 7.05 Å². The van der Waals surface area contributed by atoms with E-state index in [1.165, 1.54) is 19.2 Å². The third kappa shape index (κ3) is 3.68. The lowest BCUT2D eigenvalue weighted by molar-refractivity contribution is -0.138. The summed E-state index contributed by atoms with van der Waals surface area (Å²) >= 11 is 0. The van der Waals surface area contributed by atoms with Crippen molar-refractivity contribution in [1.29, 1.82) is 0 Å². The number of alkyl halides is 3. The Morgan fingerprint density at radius 2 is 2.06 bits per heavy atom. The SMILES string of the molecule is CNCC#Cc1ccc(OC)c(C(F)(F)F)c1. The Hall–Kier alpha value is -1.67. The molecule has 92 valence electrons. The summed E-state index contributed by atoms with van der Waals surface area (Å²) in [6.07, 6.45) is -4.44. The number of rotatable bonds is 2. The minimum atomic E-state index is -4.44. The van der Waals surface area contributed by atoms with Crippen LogP contribution in [0.5, 0.6) is 5.75 Å². The zero-order chi connectivity index (χ0) is 12.9. The summed E-state index contributed by atoms with van der Waals surface area (Å²) in [5, 5.41) is 2.78. The lowest BCUT2D eigenvalue weighted by atomic mass is 10.1. The van der Waals surface area contributed by atoms with Crippen LogP contribution in [0.2, 0.25) is 0 Å². The number of methoxy groups -OCH3 is 1. The van der Waals surface area contributed by atoms with Crippen molar-refractivity contribution in [2.75, 3.05) is 20.7 Å².